The van der Waals surface area contributed by atoms with Crippen molar-refractivity contribution in [2.24, 2.45) is 0 Å². The molecule has 0 atom stereocenters. The maximum Gasteiger partial charge on any atom is 0.446 e. The molecule has 0 N–H and O–H groups in total. The molecular weight excluding hydrogens is 463 g/mol. The van der Waals surface area contributed by atoms with Gasteiger partial charge in [0.2, 0.25) is 0 Å². The predicted octanol–water partition coefficient (Wildman–Crippen LogP) is 6.25. The maximum absolute atomic E-state index is 13.3. The van der Waals surface area contributed by atoms with Crippen LogP contribution < -0.4 is 4.90 Å². The highest BCUT2D eigenvalue weighted by Crippen LogP contribution is 2.39. The molecule has 1 aromatic heterocycles. The van der Waals surface area contributed by atoms with E-state index < -0.39 is 23.0 Å². The Balaban J connectivity index is 1.65. The minimum absolute atomic E-state index is 0.0309. The van der Waals surface area contributed by atoms with Crippen LogP contribution >= 0.6 is 23.4 Å². The van der Waals surface area contributed by atoms with Crippen molar-refractivity contribution in [2.75, 3.05) is 4.90 Å². The van der Waals surface area contributed by atoms with Crippen LogP contribution in [-0.4, -0.2) is 32.9 Å². The second kappa shape index (κ2) is 7.97. The number of amides is 3. The molecule has 4 rings (SSSR count). The number of rotatable bonds is 4. The number of thioether (sulfide) groups is 1. The summed E-state index contributed by atoms with van der Waals surface area (Å²) in [5.74, 6) is -0.463. The zero-order valence-corrected chi connectivity index (χ0v) is 18.6. The summed E-state index contributed by atoms with van der Waals surface area (Å²) < 4.78 is 37.8. The van der Waals surface area contributed by atoms with Gasteiger partial charge in [-0.05, 0) is 79.7 Å². The number of benzene rings is 2. The van der Waals surface area contributed by atoms with Gasteiger partial charge in [-0.1, -0.05) is 11.6 Å². The van der Waals surface area contributed by atoms with Crippen molar-refractivity contribution in [2.45, 2.75) is 36.3 Å². The van der Waals surface area contributed by atoms with Crippen LogP contribution in [0.1, 0.15) is 19.4 Å². The second-order valence-corrected chi connectivity index (χ2v) is 9.32. The Morgan fingerprint density at radius 2 is 1.75 bits per heavy atom. The molecule has 0 saturated carbocycles. The van der Waals surface area contributed by atoms with Gasteiger partial charge in [0.1, 0.15) is 5.54 Å². The topological polar surface area (TPSA) is 53.5 Å². The largest absolute Gasteiger partial charge is 0.446 e. The number of urea groups is 1. The highest BCUT2D eigenvalue weighted by molar-refractivity contribution is 8.00. The van der Waals surface area contributed by atoms with Crippen molar-refractivity contribution in [3.05, 3.63) is 65.3 Å². The van der Waals surface area contributed by atoms with Crippen molar-refractivity contribution >= 4 is 51.9 Å². The van der Waals surface area contributed by atoms with Gasteiger partial charge in [0.25, 0.3) is 5.91 Å². The lowest BCUT2D eigenvalue weighted by molar-refractivity contribution is -0.123. The van der Waals surface area contributed by atoms with Gasteiger partial charge >= 0.3 is 11.5 Å². The molecule has 3 aromatic rings. The minimum atomic E-state index is -4.42. The molecule has 1 saturated heterocycles. The van der Waals surface area contributed by atoms with E-state index in [1.807, 2.05) is 0 Å². The Kier molecular flexibility index (Phi) is 5.58. The van der Waals surface area contributed by atoms with E-state index in [0.29, 0.717) is 10.5 Å². The molecule has 2 aromatic carbocycles. The predicted molar refractivity (Wildman–Crippen MR) is 118 cm³/mol. The number of alkyl halides is 3. The molecule has 3 amide bonds. The van der Waals surface area contributed by atoms with E-state index in [0.717, 1.165) is 15.8 Å². The Hall–Kier alpha value is -2.78. The summed E-state index contributed by atoms with van der Waals surface area (Å²) in [6.07, 6.45) is 1.62. The number of hydrogen-bond donors (Lipinski definition) is 0. The molecule has 5 nitrogen and oxygen atoms in total. The van der Waals surface area contributed by atoms with Crippen LogP contribution in [0.5, 0.6) is 0 Å². The van der Waals surface area contributed by atoms with Gasteiger partial charge in [-0.15, -0.1) is 0 Å². The first kappa shape index (κ1) is 22.4. The zero-order chi connectivity index (χ0) is 23.3. The summed E-state index contributed by atoms with van der Waals surface area (Å²) >= 11 is 5.87. The Morgan fingerprint density at radius 3 is 2.41 bits per heavy atom. The Labute approximate surface area is 191 Å². The Bertz CT molecular complexity index is 1220. The number of nitrogens with zero attached hydrogens (tertiary/aromatic N) is 3. The third kappa shape index (κ3) is 4.14. The number of fused-ring (bicyclic) bond motifs is 1. The number of hydrogen-bond acceptors (Lipinski definition) is 4. The fraction of sp³-hybridized carbons (Fsp3) is 0.227. The monoisotopic (exact) mass is 479 g/mol. The molecule has 166 valence electrons. The number of carbonyl (C=O) groups is 2. The molecule has 1 aliphatic rings. The molecule has 0 bridgehead atoms. The first-order chi connectivity index (χ1) is 15.0. The van der Waals surface area contributed by atoms with Crippen LogP contribution in [0.2, 0.25) is 5.02 Å². The van der Waals surface area contributed by atoms with Gasteiger partial charge in [-0.3, -0.25) is 9.78 Å². The van der Waals surface area contributed by atoms with Gasteiger partial charge in [0, 0.05) is 28.0 Å². The fourth-order valence-electron chi connectivity index (χ4n) is 3.61. The third-order valence-electron chi connectivity index (χ3n) is 5.27. The molecule has 32 heavy (non-hydrogen) atoms. The van der Waals surface area contributed by atoms with Crippen LogP contribution in [-0.2, 0) is 11.3 Å². The van der Waals surface area contributed by atoms with Crippen LogP contribution in [0.15, 0.2) is 59.6 Å². The molecule has 1 aliphatic heterocycles. The second-order valence-electron chi connectivity index (χ2n) is 7.74. The number of imide groups is 1. The minimum Gasteiger partial charge on any atom is -0.305 e. The molecule has 1 fully saturated rings. The van der Waals surface area contributed by atoms with E-state index in [2.05, 4.69) is 4.98 Å². The fourth-order valence-corrected chi connectivity index (χ4v) is 4.32. The van der Waals surface area contributed by atoms with Crippen molar-refractivity contribution in [3.8, 4) is 0 Å². The van der Waals surface area contributed by atoms with E-state index in [9.17, 15) is 22.8 Å². The van der Waals surface area contributed by atoms with Crippen molar-refractivity contribution in [3.63, 3.8) is 0 Å². The average molecular weight is 480 g/mol. The van der Waals surface area contributed by atoms with E-state index in [1.165, 1.54) is 29.2 Å². The molecule has 0 radical (unpaired) electrons. The number of carbonyl (C=O) groups excluding carboxylic acids is 2. The molecular formula is C22H17ClF3N3O2S. The van der Waals surface area contributed by atoms with E-state index >= 15 is 0 Å². The molecule has 10 heteroatoms. The molecule has 2 heterocycles. The van der Waals surface area contributed by atoms with Gasteiger partial charge in [0.05, 0.1) is 11.2 Å². The summed E-state index contributed by atoms with van der Waals surface area (Å²) in [5.41, 5.74) is -3.90. The van der Waals surface area contributed by atoms with E-state index in [1.54, 1.807) is 44.3 Å². The average Bonchev–Trinajstić information content (AvgIpc) is 2.87. The SMILES string of the molecule is CC1(C)C(=O)N(c2ccc(SC(F)(F)F)cc2)C(=O)N1Cc1ccnc2ccc(Cl)cc12. The zero-order valence-electron chi connectivity index (χ0n) is 17.0. The van der Waals surface area contributed by atoms with Crippen molar-refractivity contribution < 1.29 is 22.8 Å². The smallest absolute Gasteiger partial charge is 0.305 e. The van der Waals surface area contributed by atoms with Crippen molar-refractivity contribution in [1.82, 2.24) is 9.88 Å². The standard InChI is InChI=1S/C22H17ClF3N3O2S/c1-21(2)19(30)29(15-4-6-16(7-5-15)32-22(24,25)26)20(31)28(21)12-13-9-10-27-18-8-3-14(23)11-17(13)18/h3-11H,12H2,1-2H3. The first-order valence-electron chi connectivity index (χ1n) is 9.52. The highest BCUT2D eigenvalue weighted by atomic mass is 35.5. The highest BCUT2D eigenvalue weighted by Gasteiger charge is 2.51. The van der Waals surface area contributed by atoms with E-state index in [4.69, 9.17) is 11.6 Å². The van der Waals surface area contributed by atoms with Crippen LogP contribution in [0.3, 0.4) is 0 Å². The quantitative estimate of drug-likeness (QED) is 0.328. The normalized spacial score (nSPS) is 16.3. The van der Waals surface area contributed by atoms with Gasteiger partial charge < -0.3 is 4.90 Å². The lowest BCUT2D eigenvalue weighted by Crippen LogP contribution is -2.43. The summed E-state index contributed by atoms with van der Waals surface area (Å²) in [7, 11) is 0. The van der Waals surface area contributed by atoms with Gasteiger partial charge in [0.15, 0.2) is 0 Å². The number of aromatic nitrogens is 1. The van der Waals surface area contributed by atoms with Crippen molar-refractivity contribution in [1.29, 1.82) is 0 Å². The first-order valence-corrected chi connectivity index (χ1v) is 10.7. The van der Waals surface area contributed by atoms with Crippen LogP contribution in [0.25, 0.3) is 10.9 Å². The van der Waals surface area contributed by atoms with E-state index in [-0.39, 0.29) is 28.9 Å². The van der Waals surface area contributed by atoms with Crippen LogP contribution in [0.4, 0.5) is 23.7 Å². The summed E-state index contributed by atoms with van der Waals surface area (Å²) in [5, 5.41) is 1.29. The van der Waals surface area contributed by atoms with Gasteiger partial charge in [-0.25, -0.2) is 9.69 Å². The molecule has 0 spiro atoms. The Morgan fingerprint density at radius 1 is 1.06 bits per heavy atom. The van der Waals surface area contributed by atoms with Crippen LogP contribution in [0, 0.1) is 0 Å². The molecule has 0 aliphatic carbocycles. The molecule has 0 unspecified atom stereocenters. The number of anilines is 1. The lowest BCUT2D eigenvalue weighted by atomic mass is 10.0. The summed E-state index contributed by atoms with van der Waals surface area (Å²) in [6.45, 7) is 3.41. The number of pyridine rings is 1. The number of halogens is 4. The lowest BCUT2D eigenvalue weighted by Gasteiger charge is -2.28. The summed E-state index contributed by atoms with van der Waals surface area (Å²) in [6, 6.07) is 11.6. The summed E-state index contributed by atoms with van der Waals surface area (Å²) in [4.78, 5) is 33.1. The van der Waals surface area contributed by atoms with Gasteiger partial charge in [-0.2, -0.15) is 13.2 Å². The third-order valence-corrected chi connectivity index (χ3v) is 6.25. The maximum atomic E-state index is 13.3.